The summed E-state index contributed by atoms with van der Waals surface area (Å²) in [6.07, 6.45) is 6.17. The molecule has 0 N–H and O–H groups in total. The number of rotatable bonds is 17. The van der Waals surface area contributed by atoms with Gasteiger partial charge in [-0.3, -0.25) is 0 Å². The van der Waals surface area contributed by atoms with Gasteiger partial charge in [0.1, 0.15) is 0 Å². The molecule has 1 rings (SSSR count). The Hall–Kier alpha value is -0.676. The minimum Gasteiger partial charge on any atom is -0.415 e. The highest BCUT2D eigenvalue weighted by molar-refractivity contribution is 7.92. The van der Waals surface area contributed by atoms with Gasteiger partial charge in [0.05, 0.1) is 23.7 Å². The number of hydrogen-bond acceptors (Lipinski definition) is 5. The number of benzene rings is 1. The second-order valence-electron chi connectivity index (χ2n) is 15.8. The summed E-state index contributed by atoms with van der Waals surface area (Å²) in [7, 11) is -6.59. The molecule has 0 unspecified atom stereocenters. The number of hydrogen-bond donors (Lipinski definition) is 0. The number of aryl methyl sites for hydroxylation is 1. The Bertz CT molecular complexity index is 970. The minimum absolute atomic E-state index is 0.203. The molecule has 0 spiro atoms. The number of anilines is 1. The topological polar surface area (TPSA) is 55.8 Å². The van der Waals surface area contributed by atoms with E-state index in [2.05, 4.69) is 96.9 Å². The molecule has 5 nitrogen and oxygen atoms in total. The largest absolute Gasteiger partial charge is 0.415 e. The smallest absolute Gasteiger partial charge is 0.192 e. The van der Waals surface area contributed by atoms with Crippen LogP contribution < -0.4 is 4.90 Å². The first-order valence-electron chi connectivity index (χ1n) is 15.8. The van der Waals surface area contributed by atoms with E-state index in [9.17, 15) is 8.42 Å². The number of nitrogens with zero attached hydrogens (tertiary/aromatic N) is 1. The average Bonchev–Trinajstić information content (AvgIpc) is 2.80. The third-order valence-electron chi connectivity index (χ3n) is 9.37. The van der Waals surface area contributed by atoms with Crippen LogP contribution in [0.4, 0.5) is 5.69 Å². The van der Waals surface area contributed by atoms with Crippen LogP contribution >= 0.6 is 0 Å². The fourth-order valence-electron chi connectivity index (χ4n) is 3.96. The first-order chi connectivity index (χ1) is 18.5. The van der Waals surface area contributed by atoms with E-state index in [4.69, 9.17) is 8.85 Å². The second-order valence-corrected chi connectivity index (χ2v) is 28.3. The summed E-state index contributed by atoms with van der Waals surface area (Å²) in [4.78, 5) is 2.43. The first-order valence-corrected chi connectivity index (χ1v) is 23.3. The molecule has 0 aliphatic rings. The van der Waals surface area contributed by atoms with Crippen LogP contribution in [0.2, 0.25) is 36.3 Å². The maximum atomic E-state index is 12.3. The summed E-state index contributed by atoms with van der Waals surface area (Å²) >= 11 is 0. The summed E-state index contributed by atoms with van der Waals surface area (Å²) in [5.41, 5.74) is 2.59. The zero-order valence-corrected chi connectivity index (χ0v) is 31.9. The van der Waals surface area contributed by atoms with E-state index >= 15 is 0 Å². The summed E-state index contributed by atoms with van der Waals surface area (Å²) < 4.78 is 37.0. The van der Waals surface area contributed by atoms with Crippen LogP contribution in [-0.4, -0.2) is 61.9 Å². The van der Waals surface area contributed by atoms with Crippen LogP contribution in [0.25, 0.3) is 0 Å². The van der Waals surface area contributed by atoms with E-state index in [1.165, 1.54) is 11.3 Å². The molecule has 8 heteroatoms. The lowest BCUT2D eigenvalue weighted by molar-refractivity contribution is 0.276. The lowest BCUT2D eigenvalue weighted by Crippen LogP contribution is -2.44. The standard InChI is InChI=1S/C33H65NO4SSi2/c1-31(2,3)39(35,36)28-18-16-14-15-17-19-29-20-22-30(23-21-29)34(24-26-37-40(10,11)32(4,5)6)25-27-38-41(12,13)33(7,8)9/h20-23H,14-19,24-28H2,1-13H3. The molecule has 0 atom stereocenters. The molecule has 0 aliphatic heterocycles. The second kappa shape index (κ2) is 15.4. The van der Waals surface area contributed by atoms with Gasteiger partial charge in [0.25, 0.3) is 0 Å². The molecule has 0 aliphatic carbocycles. The van der Waals surface area contributed by atoms with Crippen molar-refractivity contribution in [3.8, 4) is 0 Å². The van der Waals surface area contributed by atoms with Crippen molar-refractivity contribution in [1.82, 2.24) is 0 Å². The Labute approximate surface area is 257 Å². The van der Waals surface area contributed by atoms with Crippen molar-refractivity contribution in [3.05, 3.63) is 29.8 Å². The molecule has 0 radical (unpaired) electrons. The summed E-state index contributed by atoms with van der Waals surface area (Å²) in [5.74, 6) is 0.302. The van der Waals surface area contributed by atoms with Gasteiger partial charge in [-0.1, -0.05) is 72.9 Å². The molecule has 0 aromatic heterocycles. The Morgan fingerprint density at radius 1 is 0.659 bits per heavy atom. The Morgan fingerprint density at radius 3 is 1.49 bits per heavy atom. The molecule has 0 heterocycles. The summed E-state index contributed by atoms with van der Waals surface area (Å²) in [6.45, 7) is 31.6. The van der Waals surface area contributed by atoms with Crippen LogP contribution in [0.15, 0.2) is 24.3 Å². The highest BCUT2D eigenvalue weighted by Gasteiger charge is 2.38. The van der Waals surface area contributed by atoms with Gasteiger partial charge in [0.15, 0.2) is 26.5 Å². The fraction of sp³-hybridized carbons (Fsp3) is 0.818. The predicted octanol–water partition coefficient (Wildman–Crippen LogP) is 9.24. The highest BCUT2D eigenvalue weighted by atomic mass is 32.2. The van der Waals surface area contributed by atoms with E-state index in [1.54, 1.807) is 20.8 Å². The van der Waals surface area contributed by atoms with Gasteiger partial charge < -0.3 is 13.8 Å². The molecular weight excluding hydrogens is 563 g/mol. The lowest BCUT2D eigenvalue weighted by Gasteiger charge is -2.38. The van der Waals surface area contributed by atoms with Gasteiger partial charge in [-0.15, -0.1) is 0 Å². The number of sulfone groups is 1. The molecule has 1 aromatic rings. The quantitative estimate of drug-likeness (QED) is 0.127. The summed E-state index contributed by atoms with van der Waals surface area (Å²) in [5, 5.41) is 0.407. The van der Waals surface area contributed by atoms with Gasteiger partial charge in [0.2, 0.25) is 0 Å². The van der Waals surface area contributed by atoms with Crippen LogP contribution in [0.3, 0.4) is 0 Å². The van der Waals surface area contributed by atoms with Crippen molar-refractivity contribution in [2.24, 2.45) is 0 Å². The molecule has 0 bridgehead atoms. The van der Waals surface area contributed by atoms with Crippen LogP contribution in [0, 0.1) is 0 Å². The van der Waals surface area contributed by atoms with E-state index in [-0.39, 0.29) is 10.1 Å². The van der Waals surface area contributed by atoms with Crippen molar-refractivity contribution >= 4 is 32.2 Å². The Kier molecular flexibility index (Phi) is 14.4. The maximum absolute atomic E-state index is 12.3. The maximum Gasteiger partial charge on any atom is 0.192 e. The van der Waals surface area contributed by atoms with Gasteiger partial charge in [-0.25, -0.2) is 8.42 Å². The van der Waals surface area contributed by atoms with Gasteiger partial charge >= 0.3 is 0 Å². The van der Waals surface area contributed by atoms with Crippen molar-refractivity contribution in [2.75, 3.05) is 37.0 Å². The SMILES string of the molecule is CC(C)(C)[Si](C)(C)OCCN(CCO[Si](C)(C)C(C)(C)C)c1ccc(CCCCCCCS(=O)(=O)C(C)(C)C)cc1. The van der Waals surface area contributed by atoms with Crippen molar-refractivity contribution in [1.29, 1.82) is 0 Å². The van der Waals surface area contributed by atoms with Gasteiger partial charge in [-0.2, -0.15) is 0 Å². The van der Waals surface area contributed by atoms with Crippen molar-refractivity contribution in [3.63, 3.8) is 0 Å². The van der Waals surface area contributed by atoms with Crippen molar-refractivity contribution < 1.29 is 17.3 Å². The Balaban J connectivity index is 2.69. The normalized spacial score (nSPS) is 14.0. The van der Waals surface area contributed by atoms with Crippen LogP contribution in [0.1, 0.15) is 100.0 Å². The van der Waals surface area contributed by atoms with Crippen LogP contribution in [0.5, 0.6) is 0 Å². The first kappa shape index (κ1) is 38.3. The predicted molar refractivity (Wildman–Crippen MR) is 185 cm³/mol. The van der Waals surface area contributed by atoms with E-state index in [0.717, 1.165) is 64.8 Å². The Morgan fingerprint density at radius 2 is 1.07 bits per heavy atom. The number of unbranched alkanes of at least 4 members (excludes halogenated alkanes) is 4. The highest BCUT2D eigenvalue weighted by Crippen LogP contribution is 2.37. The monoisotopic (exact) mass is 627 g/mol. The van der Waals surface area contributed by atoms with E-state index in [0.29, 0.717) is 5.75 Å². The van der Waals surface area contributed by atoms with E-state index in [1.807, 2.05) is 0 Å². The molecule has 1 aromatic carbocycles. The zero-order valence-electron chi connectivity index (χ0n) is 29.1. The van der Waals surface area contributed by atoms with Crippen molar-refractivity contribution in [2.45, 2.75) is 142 Å². The molecule has 240 valence electrons. The fourth-order valence-corrected chi connectivity index (χ4v) is 7.22. The molecule has 0 saturated heterocycles. The molecule has 0 amide bonds. The molecule has 0 fully saturated rings. The summed E-state index contributed by atoms with van der Waals surface area (Å²) in [6, 6.07) is 9.04. The lowest BCUT2D eigenvalue weighted by atomic mass is 10.1. The molecule has 0 saturated carbocycles. The molecule has 41 heavy (non-hydrogen) atoms. The third kappa shape index (κ3) is 12.8. The molecular formula is C33H65NO4SSi2. The average molecular weight is 628 g/mol. The van der Waals surface area contributed by atoms with E-state index < -0.39 is 31.2 Å². The minimum atomic E-state index is -3.00. The third-order valence-corrected chi connectivity index (χ3v) is 21.1. The van der Waals surface area contributed by atoms with Gasteiger partial charge in [-0.05, 0) is 94.0 Å². The van der Waals surface area contributed by atoms with Crippen LogP contribution in [-0.2, 0) is 25.1 Å². The van der Waals surface area contributed by atoms with Gasteiger partial charge in [0, 0.05) is 18.8 Å². The zero-order chi connectivity index (χ0) is 31.8.